The third kappa shape index (κ3) is 1.67. The van der Waals surface area contributed by atoms with E-state index in [1.807, 2.05) is 12.1 Å². The van der Waals surface area contributed by atoms with E-state index in [4.69, 9.17) is 10.2 Å². The Morgan fingerprint density at radius 3 is 3.06 bits per heavy atom. The Morgan fingerprint density at radius 2 is 2.25 bits per heavy atom. The quantitative estimate of drug-likeness (QED) is 0.688. The largest absolute Gasteiger partial charge is 0.440 e. The first-order chi connectivity index (χ1) is 7.81. The Labute approximate surface area is 96.5 Å². The van der Waals surface area contributed by atoms with Crippen LogP contribution in [0.3, 0.4) is 0 Å². The maximum atomic E-state index is 5.68. The van der Waals surface area contributed by atoms with Crippen LogP contribution in [0, 0.1) is 0 Å². The van der Waals surface area contributed by atoms with E-state index in [1.165, 1.54) is 5.56 Å². The molecule has 0 atom stereocenters. The van der Waals surface area contributed by atoms with Gasteiger partial charge in [-0.05, 0) is 34.5 Å². The van der Waals surface area contributed by atoms with Gasteiger partial charge in [0.05, 0.1) is 6.42 Å². The van der Waals surface area contributed by atoms with Crippen LogP contribution in [0.5, 0.6) is 0 Å². The third-order valence-corrected chi connectivity index (χ3v) is 3.12. The number of rotatable bonds is 2. The molecule has 0 radical (unpaired) electrons. The number of anilines is 1. The van der Waals surface area contributed by atoms with Crippen LogP contribution in [0.15, 0.2) is 39.4 Å². The molecular weight excluding hydrogens is 220 g/mol. The molecule has 3 nitrogen and oxygen atoms in total. The predicted octanol–water partition coefficient (Wildman–Crippen LogP) is 3.06. The van der Waals surface area contributed by atoms with Crippen LogP contribution in [-0.2, 0) is 6.42 Å². The Bertz CT molecular complexity index is 613. The molecule has 2 aromatic heterocycles. The van der Waals surface area contributed by atoms with Gasteiger partial charge in [0.25, 0.3) is 0 Å². The molecule has 80 valence electrons. The molecule has 0 aliphatic carbocycles. The molecule has 0 fully saturated rings. The van der Waals surface area contributed by atoms with Crippen molar-refractivity contribution in [3.05, 3.63) is 46.5 Å². The van der Waals surface area contributed by atoms with E-state index >= 15 is 0 Å². The third-order valence-electron chi connectivity index (χ3n) is 2.39. The zero-order valence-electron chi connectivity index (χ0n) is 8.51. The summed E-state index contributed by atoms with van der Waals surface area (Å²) in [7, 11) is 0. The molecule has 4 heteroatoms. The lowest BCUT2D eigenvalue weighted by Crippen LogP contribution is -1.84. The van der Waals surface area contributed by atoms with Crippen LogP contribution in [0.25, 0.3) is 11.1 Å². The normalized spacial score (nSPS) is 11.0. The van der Waals surface area contributed by atoms with Crippen LogP contribution in [0.4, 0.5) is 5.69 Å². The van der Waals surface area contributed by atoms with Crippen molar-refractivity contribution in [3.8, 4) is 0 Å². The van der Waals surface area contributed by atoms with Crippen LogP contribution in [0.1, 0.15) is 11.5 Å². The zero-order chi connectivity index (χ0) is 11.0. The molecule has 0 aliphatic rings. The summed E-state index contributed by atoms with van der Waals surface area (Å²) in [6, 6.07) is 7.60. The van der Waals surface area contributed by atoms with Crippen molar-refractivity contribution in [2.75, 3.05) is 5.73 Å². The summed E-state index contributed by atoms with van der Waals surface area (Å²) in [5, 5.41) is 4.15. The molecule has 0 aliphatic heterocycles. The summed E-state index contributed by atoms with van der Waals surface area (Å²) in [6.45, 7) is 0. The second-order valence-electron chi connectivity index (χ2n) is 3.64. The maximum Gasteiger partial charge on any atom is 0.199 e. The SMILES string of the molecule is Nc1ccc2nc(Cc3ccsc3)oc2c1. The van der Waals surface area contributed by atoms with Gasteiger partial charge in [-0.15, -0.1) is 0 Å². The van der Waals surface area contributed by atoms with Gasteiger partial charge in [-0.1, -0.05) is 0 Å². The first-order valence-corrected chi connectivity index (χ1v) is 5.91. The average molecular weight is 230 g/mol. The summed E-state index contributed by atoms with van der Waals surface area (Å²) in [5.74, 6) is 0.735. The lowest BCUT2D eigenvalue weighted by atomic mass is 10.2. The highest BCUT2D eigenvalue weighted by Crippen LogP contribution is 2.20. The van der Waals surface area contributed by atoms with Gasteiger partial charge in [0.15, 0.2) is 11.5 Å². The monoisotopic (exact) mass is 230 g/mol. The molecule has 2 N–H and O–H groups in total. The molecular formula is C12H10N2OS. The lowest BCUT2D eigenvalue weighted by molar-refractivity contribution is 0.544. The van der Waals surface area contributed by atoms with Crippen molar-refractivity contribution < 1.29 is 4.42 Å². The van der Waals surface area contributed by atoms with Gasteiger partial charge in [-0.2, -0.15) is 11.3 Å². The molecule has 3 rings (SSSR count). The molecule has 1 aromatic carbocycles. The van der Waals surface area contributed by atoms with Gasteiger partial charge in [-0.25, -0.2) is 4.98 Å². The number of thiophene rings is 1. The summed E-state index contributed by atoms with van der Waals surface area (Å²) in [5.41, 5.74) is 9.22. The van der Waals surface area contributed by atoms with Gasteiger partial charge in [-0.3, -0.25) is 0 Å². The van der Waals surface area contributed by atoms with Crippen molar-refractivity contribution in [1.82, 2.24) is 4.98 Å². The van der Waals surface area contributed by atoms with E-state index < -0.39 is 0 Å². The molecule has 3 aromatic rings. The standard InChI is InChI=1S/C12H10N2OS/c13-9-1-2-10-11(6-9)15-12(14-10)5-8-3-4-16-7-8/h1-4,6-7H,5,13H2. The average Bonchev–Trinajstić information content (AvgIpc) is 2.86. The topological polar surface area (TPSA) is 52.0 Å². The highest BCUT2D eigenvalue weighted by atomic mass is 32.1. The number of aromatic nitrogens is 1. The van der Waals surface area contributed by atoms with E-state index in [9.17, 15) is 0 Å². The fourth-order valence-electron chi connectivity index (χ4n) is 1.63. The Kier molecular flexibility index (Phi) is 2.15. The van der Waals surface area contributed by atoms with Crippen molar-refractivity contribution in [2.24, 2.45) is 0 Å². The minimum absolute atomic E-state index is 0.700. The highest BCUT2D eigenvalue weighted by molar-refractivity contribution is 7.07. The minimum Gasteiger partial charge on any atom is -0.440 e. The summed E-state index contributed by atoms with van der Waals surface area (Å²) >= 11 is 1.68. The van der Waals surface area contributed by atoms with Crippen LogP contribution in [0.2, 0.25) is 0 Å². The van der Waals surface area contributed by atoms with Gasteiger partial charge in [0.2, 0.25) is 0 Å². The van der Waals surface area contributed by atoms with Crippen LogP contribution in [-0.4, -0.2) is 4.98 Å². The fourth-order valence-corrected chi connectivity index (χ4v) is 2.30. The lowest BCUT2D eigenvalue weighted by Gasteiger charge is -1.90. The van der Waals surface area contributed by atoms with Crippen molar-refractivity contribution in [2.45, 2.75) is 6.42 Å². The number of nitrogen functional groups attached to an aromatic ring is 1. The molecule has 2 heterocycles. The van der Waals surface area contributed by atoms with E-state index in [-0.39, 0.29) is 0 Å². The molecule has 0 unspecified atom stereocenters. The van der Waals surface area contributed by atoms with Gasteiger partial charge < -0.3 is 10.2 Å². The smallest absolute Gasteiger partial charge is 0.199 e. The van der Waals surface area contributed by atoms with Gasteiger partial charge >= 0.3 is 0 Å². The zero-order valence-corrected chi connectivity index (χ0v) is 9.33. The Hall–Kier alpha value is -1.81. The fraction of sp³-hybridized carbons (Fsp3) is 0.0833. The van der Waals surface area contributed by atoms with Crippen molar-refractivity contribution in [1.29, 1.82) is 0 Å². The number of oxazole rings is 1. The first kappa shape index (κ1) is 9.42. The van der Waals surface area contributed by atoms with Crippen molar-refractivity contribution >= 4 is 28.1 Å². The molecule has 0 saturated carbocycles. The predicted molar refractivity (Wildman–Crippen MR) is 65.5 cm³/mol. The number of nitrogens with zero attached hydrogens (tertiary/aromatic N) is 1. The number of benzene rings is 1. The Balaban J connectivity index is 1.99. The van der Waals surface area contributed by atoms with E-state index in [0.29, 0.717) is 5.69 Å². The van der Waals surface area contributed by atoms with E-state index in [2.05, 4.69) is 21.8 Å². The van der Waals surface area contributed by atoms with Crippen LogP contribution < -0.4 is 5.73 Å². The summed E-state index contributed by atoms with van der Waals surface area (Å²) in [6.07, 6.45) is 0.734. The summed E-state index contributed by atoms with van der Waals surface area (Å²) < 4.78 is 5.64. The second-order valence-corrected chi connectivity index (χ2v) is 4.42. The molecule has 0 amide bonds. The molecule has 16 heavy (non-hydrogen) atoms. The highest BCUT2D eigenvalue weighted by Gasteiger charge is 2.06. The minimum atomic E-state index is 0.700. The van der Waals surface area contributed by atoms with Crippen molar-refractivity contribution in [3.63, 3.8) is 0 Å². The van der Waals surface area contributed by atoms with E-state index in [0.717, 1.165) is 23.4 Å². The maximum absolute atomic E-state index is 5.68. The first-order valence-electron chi connectivity index (χ1n) is 4.97. The summed E-state index contributed by atoms with van der Waals surface area (Å²) in [4.78, 5) is 4.41. The van der Waals surface area contributed by atoms with Gasteiger partial charge in [0, 0.05) is 11.8 Å². The number of hydrogen-bond donors (Lipinski definition) is 1. The van der Waals surface area contributed by atoms with Gasteiger partial charge in [0.1, 0.15) is 5.52 Å². The number of nitrogens with two attached hydrogens (primary N) is 1. The molecule has 0 spiro atoms. The second kappa shape index (κ2) is 3.64. The molecule has 0 saturated heterocycles. The molecule has 0 bridgehead atoms. The number of fused-ring (bicyclic) bond motifs is 1. The Morgan fingerprint density at radius 1 is 1.31 bits per heavy atom. The van der Waals surface area contributed by atoms with Crippen LogP contribution >= 0.6 is 11.3 Å². The van der Waals surface area contributed by atoms with E-state index in [1.54, 1.807) is 17.4 Å². The number of hydrogen-bond acceptors (Lipinski definition) is 4.